The van der Waals surface area contributed by atoms with E-state index in [1.807, 2.05) is 0 Å². The molecule has 0 aromatic carbocycles. The molecule has 0 aromatic rings. The van der Waals surface area contributed by atoms with Crippen LogP contribution >= 0.6 is 12.5 Å². The van der Waals surface area contributed by atoms with Crippen molar-refractivity contribution in [2.45, 2.75) is 33.0 Å². The Labute approximate surface area is 58.6 Å². The van der Waals surface area contributed by atoms with Crippen LogP contribution in [-0.4, -0.2) is 6.56 Å². The molecule has 0 atom stereocenters. The average molecular weight is 130 g/mol. The Morgan fingerprint density at radius 2 is 2.12 bits per heavy atom. The summed E-state index contributed by atoms with van der Waals surface area (Å²) < 4.78 is 0. The van der Waals surface area contributed by atoms with Gasteiger partial charge in [0, 0.05) is 0 Å². The summed E-state index contributed by atoms with van der Waals surface area (Å²) in [6.45, 7) is 5.57. The fraction of sp³-hybridized carbons (Fsp3) is 1.00. The lowest BCUT2D eigenvalue weighted by Gasteiger charge is -2.00. The third kappa shape index (κ3) is 6.41. The lowest BCUT2D eigenvalue weighted by molar-refractivity contribution is 0.576. The first-order valence-corrected chi connectivity index (χ1v) is 4.01. The summed E-state index contributed by atoms with van der Waals surface area (Å²) >= 11 is 4.12. The minimum Gasteiger partial charge on any atom is -0.232 e. The van der Waals surface area contributed by atoms with Gasteiger partial charge in [-0.15, -0.1) is 0 Å². The van der Waals surface area contributed by atoms with Gasteiger partial charge in [-0.2, -0.15) is 0 Å². The third-order valence-electron chi connectivity index (χ3n) is 1.19. The van der Waals surface area contributed by atoms with E-state index in [2.05, 4.69) is 26.3 Å². The third-order valence-corrected chi connectivity index (χ3v) is 1.51. The molecule has 0 saturated heterocycles. The molecule has 0 aromatic heterocycles. The van der Waals surface area contributed by atoms with Gasteiger partial charge in [0.1, 0.15) is 0 Å². The van der Waals surface area contributed by atoms with Crippen molar-refractivity contribution in [3.05, 3.63) is 0 Å². The Bertz CT molecular complexity index is 45.8. The molecular formula is C6H15BS. The van der Waals surface area contributed by atoms with E-state index in [9.17, 15) is 0 Å². The summed E-state index contributed by atoms with van der Waals surface area (Å²) in [5, 5.41) is 0. The zero-order chi connectivity index (χ0) is 6.41. The topological polar surface area (TPSA) is 0 Å². The maximum Gasteiger partial charge on any atom is 0.187 e. The van der Waals surface area contributed by atoms with Crippen molar-refractivity contribution in [2.24, 2.45) is 5.92 Å². The second-order valence-corrected chi connectivity index (χ2v) is 3.06. The predicted octanol–water partition coefficient (Wildman–Crippen LogP) is 2.12. The van der Waals surface area contributed by atoms with Gasteiger partial charge in [-0.3, -0.25) is 0 Å². The van der Waals surface area contributed by atoms with Crippen LogP contribution < -0.4 is 0 Å². The highest BCUT2D eigenvalue weighted by molar-refractivity contribution is 8.06. The molecule has 0 amide bonds. The Morgan fingerprint density at radius 3 is 2.50 bits per heavy atom. The first-order chi connectivity index (χ1) is 3.77. The molecule has 0 aliphatic carbocycles. The normalized spacial score (nSPS) is 10.0. The number of rotatable bonds is 4. The first-order valence-electron chi connectivity index (χ1n) is 3.38. The zero-order valence-electron chi connectivity index (χ0n) is 5.85. The van der Waals surface area contributed by atoms with Gasteiger partial charge in [0.05, 0.1) is 0 Å². The minimum absolute atomic E-state index is 0.870. The van der Waals surface area contributed by atoms with Crippen molar-refractivity contribution >= 4 is 19.0 Å². The van der Waals surface area contributed by atoms with E-state index >= 15 is 0 Å². The molecule has 0 N–H and O–H groups in total. The number of thiol groups is 1. The van der Waals surface area contributed by atoms with Crippen LogP contribution in [-0.2, 0) is 0 Å². The molecule has 0 spiro atoms. The van der Waals surface area contributed by atoms with Crippen LogP contribution in [0.1, 0.15) is 26.7 Å². The van der Waals surface area contributed by atoms with Crippen molar-refractivity contribution < 1.29 is 0 Å². The van der Waals surface area contributed by atoms with E-state index in [-0.39, 0.29) is 0 Å². The molecule has 0 saturated carbocycles. The van der Waals surface area contributed by atoms with Crippen LogP contribution in [0.2, 0.25) is 6.32 Å². The van der Waals surface area contributed by atoms with Crippen molar-refractivity contribution in [1.82, 2.24) is 0 Å². The standard InChI is InChI=1S/C6H15BS/c1-6(2)4-3-5-7-8/h6-8H,3-5H2,1-2H3. The van der Waals surface area contributed by atoms with Gasteiger partial charge in [-0.25, -0.2) is 12.5 Å². The van der Waals surface area contributed by atoms with E-state index in [1.54, 1.807) is 0 Å². The molecule has 0 fully saturated rings. The van der Waals surface area contributed by atoms with E-state index in [0.717, 1.165) is 12.5 Å². The Kier molecular flexibility index (Phi) is 5.84. The molecule has 0 aliphatic rings. The molecule has 0 radical (unpaired) electrons. The summed E-state index contributed by atoms with van der Waals surface area (Å²) in [6, 6.07) is 0. The molecule has 0 nitrogen and oxygen atoms in total. The van der Waals surface area contributed by atoms with Gasteiger partial charge in [0.2, 0.25) is 0 Å². The van der Waals surface area contributed by atoms with Crippen molar-refractivity contribution in [1.29, 1.82) is 0 Å². The van der Waals surface area contributed by atoms with E-state index in [0.29, 0.717) is 0 Å². The highest BCUT2D eigenvalue weighted by atomic mass is 32.1. The molecule has 0 bridgehead atoms. The van der Waals surface area contributed by atoms with Crippen molar-refractivity contribution in [3.63, 3.8) is 0 Å². The molecule has 0 heterocycles. The van der Waals surface area contributed by atoms with Crippen LogP contribution in [0.25, 0.3) is 0 Å². The summed E-state index contributed by atoms with van der Waals surface area (Å²) in [5.41, 5.74) is 0. The second kappa shape index (κ2) is 5.55. The molecule has 8 heavy (non-hydrogen) atoms. The first kappa shape index (κ1) is 8.41. The zero-order valence-corrected chi connectivity index (χ0v) is 6.75. The number of hydrogen-bond donors (Lipinski definition) is 1. The lowest BCUT2D eigenvalue weighted by Crippen LogP contribution is -1.87. The number of hydrogen-bond acceptors (Lipinski definition) is 1. The van der Waals surface area contributed by atoms with Gasteiger partial charge in [-0.05, 0) is 5.92 Å². The van der Waals surface area contributed by atoms with E-state index < -0.39 is 0 Å². The van der Waals surface area contributed by atoms with Crippen LogP contribution in [0.3, 0.4) is 0 Å². The smallest absolute Gasteiger partial charge is 0.187 e. The van der Waals surface area contributed by atoms with Gasteiger partial charge in [0.15, 0.2) is 6.56 Å². The van der Waals surface area contributed by atoms with Gasteiger partial charge in [0.25, 0.3) is 0 Å². The largest absolute Gasteiger partial charge is 0.232 e. The Morgan fingerprint density at radius 1 is 1.50 bits per heavy atom. The Balaban J connectivity index is 2.72. The molecule has 48 valence electrons. The van der Waals surface area contributed by atoms with Crippen LogP contribution in [0.4, 0.5) is 0 Å². The molecule has 2 heteroatoms. The maximum absolute atomic E-state index is 4.12. The SMILES string of the molecule is CC(C)CCCBS. The van der Waals surface area contributed by atoms with Gasteiger partial charge in [-0.1, -0.05) is 33.0 Å². The van der Waals surface area contributed by atoms with E-state index in [4.69, 9.17) is 0 Å². The average Bonchev–Trinajstić information content (AvgIpc) is 1.66. The summed E-state index contributed by atoms with van der Waals surface area (Å²) in [5.74, 6) is 0.870. The highest BCUT2D eigenvalue weighted by Crippen LogP contribution is 2.05. The Hall–Kier alpha value is 0.415. The van der Waals surface area contributed by atoms with Crippen LogP contribution in [0, 0.1) is 5.92 Å². The van der Waals surface area contributed by atoms with Crippen molar-refractivity contribution in [3.8, 4) is 0 Å². The highest BCUT2D eigenvalue weighted by Gasteiger charge is 1.91. The fourth-order valence-corrected chi connectivity index (χ4v) is 0.888. The van der Waals surface area contributed by atoms with E-state index in [1.165, 1.54) is 19.2 Å². The summed E-state index contributed by atoms with van der Waals surface area (Å²) in [6.07, 6.45) is 3.99. The lowest BCUT2D eigenvalue weighted by atomic mass is 9.95. The summed E-state index contributed by atoms with van der Waals surface area (Å²) in [4.78, 5) is 0. The quantitative estimate of drug-likeness (QED) is 0.336. The summed E-state index contributed by atoms with van der Waals surface area (Å²) in [7, 11) is 0. The predicted molar refractivity (Wildman–Crippen MR) is 45.0 cm³/mol. The monoisotopic (exact) mass is 130 g/mol. The minimum atomic E-state index is 0.870. The molecule has 0 unspecified atom stereocenters. The fourth-order valence-electron chi connectivity index (χ4n) is 0.664. The van der Waals surface area contributed by atoms with Gasteiger partial charge < -0.3 is 0 Å². The van der Waals surface area contributed by atoms with Crippen LogP contribution in [0.15, 0.2) is 0 Å². The van der Waals surface area contributed by atoms with Crippen LogP contribution in [0.5, 0.6) is 0 Å². The molecule has 0 aliphatic heterocycles. The second-order valence-electron chi connectivity index (χ2n) is 2.61. The maximum atomic E-state index is 4.12. The molecular weight excluding hydrogens is 115 g/mol. The van der Waals surface area contributed by atoms with Gasteiger partial charge >= 0.3 is 0 Å². The molecule has 0 rings (SSSR count). The van der Waals surface area contributed by atoms with Crippen molar-refractivity contribution in [2.75, 3.05) is 0 Å².